The molecule has 182 valence electrons. The summed E-state index contributed by atoms with van der Waals surface area (Å²) in [6.45, 7) is 1.58. The van der Waals surface area contributed by atoms with Gasteiger partial charge in [-0.3, -0.25) is 14.4 Å². The highest BCUT2D eigenvalue weighted by Crippen LogP contribution is 2.12. The molecule has 8 heteroatoms. The average Bonchev–Trinajstić information content (AvgIpc) is 2.89. The largest absolute Gasteiger partial charge is 0.385 e. The number of benzene rings is 3. The highest BCUT2D eigenvalue weighted by Gasteiger charge is 2.09. The Bertz CT molecular complexity index is 1120. The molecule has 8 nitrogen and oxygen atoms in total. The molecule has 0 bridgehead atoms. The lowest BCUT2D eigenvalue weighted by atomic mass is 10.1. The third-order valence-electron chi connectivity index (χ3n) is 5.12. The van der Waals surface area contributed by atoms with Gasteiger partial charge in [0.25, 0.3) is 11.8 Å². The van der Waals surface area contributed by atoms with Crippen molar-refractivity contribution in [2.45, 2.75) is 13.0 Å². The molecule has 0 heterocycles. The second kappa shape index (κ2) is 13.5. The predicted molar refractivity (Wildman–Crippen MR) is 136 cm³/mol. The Balaban J connectivity index is 1.44. The Labute approximate surface area is 205 Å². The summed E-state index contributed by atoms with van der Waals surface area (Å²) in [5.41, 5.74) is 3.28. The van der Waals surface area contributed by atoms with Gasteiger partial charge in [-0.05, 0) is 54.4 Å². The van der Waals surface area contributed by atoms with E-state index in [-0.39, 0.29) is 24.3 Å². The van der Waals surface area contributed by atoms with E-state index in [1.165, 1.54) is 0 Å². The van der Waals surface area contributed by atoms with E-state index in [1.54, 1.807) is 55.6 Å². The lowest BCUT2D eigenvalue weighted by molar-refractivity contribution is -0.114. The minimum atomic E-state index is -0.249. The zero-order valence-electron chi connectivity index (χ0n) is 19.7. The maximum Gasteiger partial charge on any atom is 0.251 e. The topological polar surface area (TPSA) is 109 Å². The van der Waals surface area contributed by atoms with Crippen LogP contribution in [0.25, 0.3) is 0 Å². The van der Waals surface area contributed by atoms with Crippen LogP contribution in [-0.2, 0) is 16.1 Å². The second-order valence-electron chi connectivity index (χ2n) is 7.83. The number of nitrogens with one attached hydrogen (secondary N) is 4. The molecular formula is C27H30N4O4. The molecule has 35 heavy (non-hydrogen) atoms. The van der Waals surface area contributed by atoms with Crippen molar-refractivity contribution in [3.63, 3.8) is 0 Å². The molecule has 3 aromatic rings. The molecule has 0 radical (unpaired) electrons. The van der Waals surface area contributed by atoms with Crippen LogP contribution in [-0.4, -0.2) is 44.5 Å². The molecule has 3 amide bonds. The van der Waals surface area contributed by atoms with Crippen LogP contribution in [0.3, 0.4) is 0 Å². The van der Waals surface area contributed by atoms with Crippen molar-refractivity contribution in [1.82, 2.24) is 10.6 Å². The molecule has 0 aromatic heterocycles. The summed E-state index contributed by atoms with van der Waals surface area (Å²) in [6.07, 6.45) is 0.736. The monoisotopic (exact) mass is 474 g/mol. The third kappa shape index (κ3) is 8.60. The van der Waals surface area contributed by atoms with E-state index in [4.69, 9.17) is 4.74 Å². The van der Waals surface area contributed by atoms with Crippen molar-refractivity contribution in [3.05, 3.63) is 95.6 Å². The fourth-order valence-corrected chi connectivity index (χ4v) is 3.26. The van der Waals surface area contributed by atoms with E-state index in [0.29, 0.717) is 42.2 Å². The first-order valence-corrected chi connectivity index (χ1v) is 11.4. The summed E-state index contributed by atoms with van der Waals surface area (Å²) < 4.78 is 4.97. The molecule has 0 atom stereocenters. The van der Waals surface area contributed by atoms with E-state index in [0.717, 1.165) is 12.0 Å². The first-order valence-electron chi connectivity index (χ1n) is 11.4. The molecule has 0 saturated carbocycles. The summed E-state index contributed by atoms with van der Waals surface area (Å²) in [6, 6.07) is 23.3. The van der Waals surface area contributed by atoms with Gasteiger partial charge in [-0.15, -0.1) is 0 Å². The molecule has 0 fully saturated rings. The first-order chi connectivity index (χ1) is 17.0. The van der Waals surface area contributed by atoms with Gasteiger partial charge >= 0.3 is 0 Å². The Kier molecular flexibility index (Phi) is 9.83. The molecule has 4 N–H and O–H groups in total. The van der Waals surface area contributed by atoms with Crippen molar-refractivity contribution in [2.75, 3.05) is 37.4 Å². The van der Waals surface area contributed by atoms with Gasteiger partial charge in [0.1, 0.15) is 0 Å². The van der Waals surface area contributed by atoms with Crippen molar-refractivity contribution in [1.29, 1.82) is 0 Å². The number of hydrogen-bond acceptors (Lipinski definition) is 5. The van der Waals surface area contributed by atoms with Gasteiger partial charge in [0.05, 0.1) is 6.54 Å². The average molecular weight is 475 g/mol. The Morgan fingerprint density at radius 2 is 1.51 bits per heavy atom. The number of carbonyl (C=O) groups is 3. The number of rotatable bonds is 12. The number of amides is 3. The summed E-state index contributed by atoms with van der Waals surface area (Å²) in [5.74, 6) is -0.612. The summed E-state index contributed by atoms with van der Waals surface area (Å²) >= 11 is 0. The van der Waals surface area contributed by atoms with E-state index < -0.39 is 0 Å². The summed E-state index contributed by atoms with van der Waals surface area (Å²) in [4.78, 5) is 36.9. The van der Waals surface area contributed by atoms with Crippen molar-refractivity contribution in [3.8, 4) is 0 Å². The predicted octanol–water partition coefficient (Wildman–Crippen LogP) is 3.43. The van der Waals surface area contributed by atoms with Crippen molar-refractivity contribution in [2.24, 2.45) is 0 Å². The maximum absolute atomic E-state index is 12.3. The SMILES string of the molecule is COCCCNC(=O)c1cccc(NCC(=O)Nc2ccc(C(=O)NCc3ccccc3)cc2)c1. The van der Waals surface area contributed by atoms with Crippen LogP contribution >= 0.6 is 0 Å². The van der Waals surface area contributed by atoms with E-state index >= 15 is 0 Å². The highest BCUT2D eigenvalue weighted by atomic mass is 16.5. The van der Waals surface area contributed by atoms with Crippen LogP contribution in [0.1, 0.15) is 32.7 Å². The zero-order valence-corrected chi connectivity index (χ0v) is 19.7. The number of carbonyl (C=O) groups excluding carboxylic acids is 3. The smallest absolute Gasteiger partial charge is 0.251 e. The molecule has 0 aliphatic carbocycles. The highest BCUT2D eigenvalue weighted by molar-refractivity contribution is 5.97. The van der Waals surface area contributed by atoms with E-state index in [1.807, 2.05) is 30.3 Å². The van der Waals surface area contributed by atoms with Gasteiger partial charge < -0.3 is 26.0 Å². The van der Waals surface area contributed by atoms with Gasteiger partial charge in [0, 0.05) is 49.3 Å². The number of ether oxygens (including phenoxy) is 1. The van der Waals surface area contributed by atoms with Crippen LogP contribution < -0.4 is 21.3 Å². The summed E-state index contributed by atoms with van der Waals surface area (Å²) in [5, 5.41) is 11.5. The van der Waals surface area contributed by atoms with Gasteiger partial charge in [0.2, 0.25) is 5.91 Å². The quantitative estimate of drug-likeness (QED) is 0.301. The Hall–Kier alpha value is -4.17. The molecule has 0 unspecified atom stereocenters. The molecule has 0 aliphatic rings. The second-order valence-corrected chi connectivity index (χ2v) is 7.83. The van der Waals surface area contributed by atoms with Gasteiger partial charge in [-0.1, -0.05) is 36.4 Å². The van der Waals surface area contributed by atoms with Crippen LogP contribution in [0.5, 0.6) is 0 Å². The van der Waals surface area contributed by atoms with E-state index in [9.17, 15) is 14.4 Å². The van der Waals surface area contributed by atoms with Crippen molar-refractivity contribution >= 4 is 29.1 Å². The number of methoxy groups -OCH3 is 1. The lowest BCUT2D eigenvalue weighted by Gasteiger charge is -2.10. The lowest BCUT2D eigenvalue weighted by Crippen LogP contribution is -2.25. The summed E-state index contributed by atoms with van der Waals surface area (Å²) in [7, 11) is 1.62. The fraction of sp³-hybridized carbons (Fsp3) is 0.222. The van der Waals surface area contributed by atoms with Crippen LogP contribution in [0.2, 0.25) is 0 Å². The third-order valence-corrected chi connectivity index (χ3v) is 5.12. The first kappa shape index (κ1) is 25.5. The normalized spacial score (nSPS) is 10.3. The molecule has 3 rings (SSSR count). The number of hydrogen-bond donors (Lipinski definition) is 4. The molecule has 3 aromatic carbocycles. The van der Waals surface area contributed by atoms with Crippen LogP contribution in [0.15, 0.2) is 78.9 Å². The van der Waals surface area contributed by atoms with Gasteiger partial charge in [0.15, 0.2) is 0 Å². The molecule has 0 spiro atoms. The fourth-order valence-electron chi connectivity index (χ4n) is 3.26. The Morgan fingerprint density at radius 3 is 2.26 bits per heavy atom. The minimum Gasteiger partial charge on any atom is -0.385 e. The standard InChI is InChI=1S/C27H30N4O4/c1-35-16-6-15-28-27(34)22-9-5-10-24(17-22)29-19-25(32)31-23-13-11-21(12-14-23)26(33)30-18-20-7-3-2-4-8-20/h2-5,7-14,17,29H,6,15-16,18-19H2,1H3,(H,28,34)(H,30,33)(H,31,32). The molecule has 0 saturated heterocycles. The van der Waals surface area contributed by atoms with Gasteiger partial charge in [-0.25, -0.2) is 0 Å². The Morgan fingerprint density at radius 1 is 0.771 bits per heavy atom. The maximum atomic E-state index is 12.3. The molecule has 0 aliphatic heterocycles. The van der Waals surface area contributed by atoms with Gasteiger partial charge in [-0.2, -0.15) is 0 Å². The number of anilines is 2. The zero-order chi connectivity index (χ0) is 24.9. The van der Waals surface area contributed by atoms with Crippen LogP contribution in [0, 0.1) is 0 Å². The van der Waals surface area contributed by atoms with Crippen molar-refractivity contribution < 1.29 is 19.1 Å². The van der Waals surface area contributed by atoms with Crippen LogP contribution in [0.4, 0.5) is 11.4 Å². The minimum absolute atomic E-state index is 0.0260. The van der Waals surface area contributed by atoms with E-state index in [2.05, 4.69) is 21.3 Å². The molecular weight excluding hydrogens is 444 g/mol.